The lowest BCUT2D eigenvalue weighted by Crippen LogP contribution is -2.41. The molecule has 1 aliphatic heterocycles. The summed E-state index contributed by atoms with van der Waals surface area (Å²) in [7, 11) is -0.371. The van der Waals surface area contributed by atoms with Gasteiger partial charge in [-0.05, 0) is 111 Å². The smallest absolute Gasteiger partial charge is 0.399 e. The van der Waals surface area contributed by atoms with Crippen LogP contribution in [0.2, 0.25) is 0 Å². The van der Waals surface area contributed by atoms with Crippen LogP contribution in [-0.2, 0) is 9.31 Å². The molecule has 0 aliphatic carbocycles. The van der Waals surface area contributed by atoms with E-state index in [1.807, 2.05) is 0 Å². The first-order chi connectivity index (χ1) is 20.8. The Morgan fingerprint density at radius 1 is 0.419 bits per heavy atom. The Bertz CT molecular complexity index is 2140. The Hall–Kier alpha value is -4.44. The van der Waals surface area contributed by atoms with Gasteiger partial charge in [0.15, 0.2) is 0 Å². The van der Waals surface area contributed by atoms with E-state index < -0.39 is 0 Å². The van der Waals surface area contributed by atoms with E-state index in [-0.39, 0.29) is 18.3 Å². The third-order valence-corrected chi connectivity index (χ3v) is 9.65. The molecule has 0 atom stereocenters. The lowest BCUT2D eigenvalue weighted by molar-refractivity contribution is 0.00578. The maximum absolute atomic E-state index is 6.34. The molecule has 0 spiro atoms. The van der Waals surface area contributed by atoms with Gasteiger partial charge in [-0.25, -0.2) is 0 Å². The zero-order chi connectivity index (χ0) is 29.3. The third kappa shape index (κ3) is 4.18. The summed E-state index contributed by atoms with van der Waals surface area (Å²) in [6.07, 6.45) is 0. The number of benzene rings is 7. The van der Waals surface area contributed by atoms with Gasteiger partial charge >= 0.3 is 7.12 Å². The van der Waals surface area contributed by atoms with Gasteiger partial charge in [0.25, 0.3) is 0 Å². The Morgan fingerprint density at radius 2 is 0.814 bits per heavy atom. The lowest BCUT2D eigenvalue weighted by Gasteiger charge is -2.32. The Labute approximate surface area is 253 Å². The molecule has 43 heavy (non-hydrogen) atoms. The van der Waals surface area contributed by atoms with Gasteiger partial charge in [-0.15, -0.1) is 0 Å². The first-order valence-electron chi connectivity index (χ1n) is 15.1. The van der Waals surface area contributed by atoms with E-state index in [0.29, 0.717) is 0 Å². The highest BCUT2D eigenvalue weighted by Crippen LogP contribution is 2.44. The molecule has 2 nitrogen and oxygen atoms in total. The molecule has 0 N–H and O–H groups in total. The van der Waals surface area contributed by atoms with E-state index in [0.717, 1.165) is 5.46 Å². The van der Waals surface area contributed by atoms with Crippen LogP contribution in [0.3, 0.4) is 0 Å². The zero-order valence-corrected chi connectivity index (χ0v) is 25.0. The van der Waals surface area contributed by atoms with Crippen LogP contribution in [0.15, 0.2) is 127 Å². The van der Waals surface area contributed by atoms with Crippen LogP contribution in [-0.4, -0.2) is 18.3 Å². The van der Waals surface area contributed by atoms with Gasteiger partial charge in [0, 0.05) is 0 Å². The summed E-state index contributed by atoms with van der Waals surface area (Å²) in [5.74, 6) is 0. The van der Waals surface area contributed by atoms with E-state index in [1.54, 1.807) is 0 Å². The SMILES string of the molecule is CC1(C)OB(c2ccc3cc(-c4c5ccccc5c(-c5ccc6ccccc6c5)c5ccccc45)ccc3c2)OC1(C)C. The summed E-state index contributed by atoms with van der Waals surface area (Å²) in [4.78, 5) is 0. The molecule has 3 heteroatoms. The second-order valence-electron chi connectivity index (χ2n) is 12.8. The molecular formula is C40H33BO2. The first kappa shape index (κ1) is 26.2. The number of hydrogen-bond acceptors (Lipinski definition) is 2. The summed E-state index contributed by atoms with van der Waals surface area (Å²) in [6.45, 7) is 8.39. The molecule has 0 amide bonds. The highest BCUT2D eigenvalue weighted by molar-refractivity contribution is 6.62. The maximum atomic E-state index is 6.34. The van der Waals surface area contributed by atoms with Gasteiger partial charge in [0.05, 0.1) is 11.2 Å². The fourth-order valence-electron chi connectivity index (χ4n) is 6.64. The average molecular weight is 557 g/mol. The molecule has 7 aromatic carbocycles. The lowest BCUT2D eigenvalue weighted by atomic mass is 9.78. The molecule has 1 heterocycles. The van der Waals surface area contributed by atoms with Crippen molar-refractivity contribution in [1.82, 2.24) is 0 Å². The normalized spacial score (nSPS) is 16.0. The van der Waals surface area contributed by atoms with E-state index in [9.17, 15) is 0 Å². The predicted molar refractivity (Wildman–Crippen MR) is 183 cm³/mol. The van der Waals surface area contributed by atoms with Crippen molar-refractivity contribution >= 4 is 55.7 Å². The topological polar surface area (TPSA) is 18.5 Å². The van der Waals surface area contributed by atoms with Gasteiger partial charge in [-0.1, -0.05) is 115 Å². The van der Waals surface area contributed by atoms with Crippen molar-refractivity contribution in [3.8, 4) is 22.3 Å². The van der Waals surface area contributed by atoms with Crippen molar-refractivity contribution in [1.29, 1.82) is 0 Å². The molecule has 1 aliphatic rings. The van der Waals surface area contributed by atoms with Crippen molar-refractivity contribution in [2.75, 3.05) is 0 Å². The minimum absolute atomic E-state index is 0.363. The van der Waals surface area contributed by atoms with Gasteiger partial charge in [-0.2, -0.15) is 0 Å². The standard InChI is InChI=1S/C40H33BO2/c1-39(2)40(3,4)43-41(42-39)32-22-21-28-24-31(20-18-29(28)25-32)38-35-15-9-7-13-33(35)37(34-14-8-10-16-36(34)38)30-19-17-26-11-5-6-12-27(26)23-30/h5-25H,1-4H3. The third-order valence-electron chi connectivity index (χ3n) is 9.65. The quantitative estimate of drug-likeness (QED) is 0.159. The van der Waals surface area contributed by atoms with Gasteiger partial charge in [-0.3, -0.25) is 0 Å². The molecule has 208 valence electrons. The minimum atomic E-state index is -0.371. The maximum Gasteiger partial charge on any atom is 0.494 e. The summed E-state index contributed by atoms with van der Waals surface area (Å²) in [5.41, 5.74) is 5.34. The van der Waals surface area contributed by atoms with Crippen LogP contribution in [0.25, 0.3) is 65.3 Å². The highest BCUT2D eigenvalue weighted by atomic mass is 16.7. The van der Waals surface area contributed by atoms with Crippen molar-refractivity contribution in [3.05, 3.63) is 127 Å². The van der Waals surface area contributed by atoms with Crippen molar-refractivity contribution in [3.63, 3.8) is 0 Å². The van der Waals surface area contributed by atoms with Gasteiger partial charge < -0.3 is 9.31 Å². The van der Waals surface area contributed by atoms with Crippen molar-refractivity contribution in [2.24, 2.45) is 0 Å². The zero-order valence-electron chi connectivity index (χ0n) is 25.0. The molecule has 0 radical (unpaired) electrons. The Morgan fingerprint density at radius 3 is 1.35 bits per heavy atom. The second kappa shape index (κ2) is 9.54. The molecule has 0 aromatic heterocycles. The highest BCUT2D eigenvalue weighted by Gasteiger charge is 2.51. The molecule has 0 bridgehead atoms. The van der Waals surface area contributed by atoms with Crippen LogP contribution in [0, 0.1) is 0 Å². The summed E-state index contributed by atoms with van der Waals surface area (Å²) in [6, 6.07) is 46.5. The molecule has 7 aromatic rings. The van der Waals surface area contributed by atoms with Crippen molar-refractivity contribution in [2.45, 2.75) is 38.9 Å². The Kier molecular flexibility index (Phi) is 5.81. The molecule has 8 rings (SSSR count). The van der Waals surface area contributed by atoms with Gasteiger partial charge in [0.2, 0.25) is 0 Å². The largest absolute Gasteiger partial charge is 0.494 e. The molecule has 0 saturated carbocycles. The first-order valence-corrected chi connectivity index (χ1v) is 15.1. The van der Waals surface area contributed by atoms with E-state index in [2.05, 4.69) is 155 Å². The van der Waals surface area contributed by atoms with Crippen LogP contribution < -0.4 is 5.46 Å². The fourth-order valence-corrected chi connectivity index (χ4v) is 6.64. The number of fused-ring (bicyclic) bond motifs is 4. The number of hydrogen-bond donors (Lipinski definition) is 0. The Balaban J connectivity index is 1.30. The van der Waals surface area contributed by atoms with E-state index >= 15 is 0 Å². The van der Waals surface area contributed by atoms with E-state index in [4.69, 9.17) is 9.31 Å². The molecule has 0 unspecified atom stereocenters. The number of rotatable bonds is 3. The van der Waals surface area contributed by atoms with E-state index in [1.165, 1.54) is 65.3 Å². The predicted octanol–water partition coefficient (Wildman–Crippen LogP) is 9.93. The van der Waals surface area contributed by atoms with Crippen LogP contribution in [0.1, 0.15) is 27.7 Å². The summed E-state index contributed by atoms with van der Waals surface area (Å²) in [5, 5.41) is 9.95. The van der Waals surface area contributed by atoms with Crippen LogP contribution >= 0.6 is 0 Å². The summed E-state index contributed by atoms with van der Waals surface area (Å²) < 4.78 is 12.7. The molecule has 1 saturated heterocycles. The van der Waals surface area contributed by atoms with Gasteiger partial charge in [0.1, 0.15) is 0 Å². The van der Waals surface area contributed by atoms with Crippen molar-refractivity contribution < 1.29 is 9.31 Å². The average Bonchev–Trinajstić information content (AvgIpc) is 3.25. The minimum Gasteiger partial charge on any atom is -0.399 e. The van der Waals surface area contributed by atoms with Crippen LogP contribution in [0.5, 0.6) is 0 Å². The second-order valence-corrected chi connectivity index (χ2v) is 12.8. The monoisotopic (exact) mass is 556 g/mol. The molecular weight excluding hydrogens is 523 g/mol. The van der Waals surface area contributed by atoms with Crippen LogP contribution in [0.4, 0.5) is 0 Å². The molecule has 1 fully saturated rings. The fraction of sp³-hybridized carbons (Fsp3) is 0.150. The summed E-state index contributed by atoms with van der Waals surface area (Å²) >= 11 is 0.